The van der Waals surface area contributed by atoms with Crippen molar-refractivity contribution in [2.45, 2.75) is 45.1 Å². The van der Waals surface area contributed by atoms with Crippen LogP contribution in [0.4, 0.5) is 5.69 Å². The molecule has 0 aromatic heterocycles. The van der Waals surface area contributed by atoms with Gasteiger partial charge < -0.3 is 15.6 Å². The van der Waals surface area contributed by atoms with Gasteiger partial charge in [0.1, 0.15) is 12.5 Å². The van der Waals surface area contributed by atoms with Crippen LogP contribution in [0.1, 0.15) is 44.6 Å². The number of aliphatic carboxylic acids is 1. The van der Waals surface area contributed by atoms with Gasteiger partial charge >= 0.3 is 11.9 Å². The first-order chi connectivity index (χ1) is 16.5. The summed E-state index contributed by atoms with van der Waals surface area (Å²) >= 11 is 0. The van der Waals surface area contributed by atoms with E-state index in [1.165, 1.54) is 18.2 Å². The van der Waals surface area contributed by atoms with Crippen molar-refractivity contribution in [1.82, 2.24) is 4.90 Å². The summed E-state index contributed by atoms with van der Waals surface area (Å²) < 4.78 is 5.70. The third-order valence-corrected chi connectivity index (χ3v) is 7.02. The van der Waals surface area contributed by atoms with Gasteiger partial charge in [0.15, 0.2) is 0 Å². The number of carboxylic acids is 1. The van der Waals surface area contributed by atoms with Crippen LogP contribution in [0, 0.1) is 27.4 Å². The number of esters is 1. The van der Waals surface area contributed by atoms with E-state index in [4.69, 9.17) is 10.5 Å². The highest BCUT2D eigenvalue weighted by Gasteiger charge is 2.60. The maximum Gasteiger partial charge on any atom is 0.314 e. The van der Waals surface area contributed by atoms with Crippen LogP contribution in [-0.2, 0) is 19.1 Å². The van der Waals surface area contributed by atoms with E-state index < -0.39 is 46.1 Å². The van der Waals surface area contributed by atoms with E-state index in [0.717, 1.165) is 12.8 Å². The molecule has 11 heteroatoms. The van der Waals surface area contributed by atoms with Crippen LogP contribution < -0.4 is 5.73 Å². The number of nitrogens with zero attached hydrogens (tertiary/aromatic N) is 3. The summed E-state index contributed by atoms with van der Waals surface area (Å²) in [5.41, 5.74) is 4.47. The normalized spacial score (nSPS) is 26.2. The minimum absolute atomic E-state index is 0.00204. The van der Waals surface area contributed by atoms with Crippen molar-refractivity contribution in [1.29, 1.82) is 0 Å². The Labute approximate surface area is 203 Å². The third kappa shape index (κ3) is 5.67. The number of primary amides is 1. The van der Waals surface area contributed by atoms with Gasteiger partial charge in [-0.05, 0) is 38.8 Å². The molecule has 1 saturated carbocycles. The average Bonchev–Trinajstić information content (AvgIpc) is 3.58. The number of non-ortho nitro benzene ring substituents is 1. The van der Waals surface area contributed by atoms with Gasteiger partial charge in [0.25, 0.3) is 5.69 Å². The zero-order valence-electron chi connectivity index (χ0n) is 20.2. The molecule has 2 aliphatic rings. The SMILES string of the molecule is CC1=NC(C)C(CC2CC2)(C(=O)OCCN(C)CC(N)=O)C(c2cccc([N+](=O)[O-])c2)C1C(=O)O. The predicted molar refractivity (Wildman–Crippen MR) is 127 cm³/mol. The maximum absolute atomic E-state index is 13.8. The van der Waals surface area contributed by atoms with Gasteiger partial charge in [-0.3, -0.25) is 34.4 Å². The summed E-state index contributed by atoms with van der Waals surface area (Å²) in [7, 11) is 1.67. The Morgan fingerprint density at radius 1 is 1.34 bits per heavy atom. The van der Waals surface area contributed by atoms with Gasteiger partial charge in [-0.15, -0.1) is 0 Å². The molecule has 1 heterocycles. The number of carboxylic acid groups (broad SMARTS) is 1. The lowest BCUT2D eigenvalue weighted by Gasteiger charge is -2.47. The molecule has 3 N–H and O–H groups in total. The summed E-state index contributed by atoms with van der Waals surface area (Å²) in [5, 5.41) is 21.7. The molecule has 1 fully saturated rings. The molecule has 1 aliphatic carbocycles. The largest absolute Gasteiger partial charge is 0.481 e. The highest BCUT2D eigenvalue weighted by atomic mass is 16.6. The maximum atomic E-state index is 13.8. The van der Waals surface area contributed by atoms with Crippen LogP contribution in [-0.4, -0.2) is 71.3 Å². The number of benzene rings is 1. The zero-order chi connectivity index (χ0) is 25.9. The summed E-state index contributed by atoms with van der Waals surface area (Å²) in [6, 6.07) is 5.22. The molecule has 11 nitrogen and oxygen atoms in total. The molecule has 4 unspecified atom stereocenters. The van der Waals surface area contributed by atoms with Crippen molar-refractivity contribution in [2.24, 2.45) is 28.0 Å². The van der Waals surface area contributed by atoms with Gasteiger partial charge in [-0.25, -0.2) is 0 Å². The highest BCUT2D eigenvalue weighted by molar-refractivity contribution is 6.03. The Hall–Kier alpha value is -3.34. The van der Waals surface area contributed by atoms with Gasteiger partial charge in [-0.1, -0.05) is 25.0 Å². The van der Waals surface area contributed by atoms with Gasteiger partial charge in [-0.2, -0.15) is 0 Å². The quantitative estimate of drug-likeness (QED) is 0.271. The van der Waals surface area contributed by atoms with Crippen LogP contribution in [0.2, 0.25) is 0 Å². The lowest BCUT2D eigenvalue weighted by Crippen LogP contribution is -2.55. The Bertz CT molecular complexity index is 1040. The fourth-order valence-electron chi connectivity index (χ4n) is 5.19. The first-order valence-corrected chi connectivity index (χ1v) is 11.6. The molecular formula is C24H32N4O7. The number of carbonyl (C=O) groups is 3. The number of nitrogens with two attached hydrogens (primary N) is 1. The van der Waals surface area contributed by atoms with E-state index >= 15 is 0 Å². The van der Waals surface area contributed by atoms with Crippen LogP contribution in [0.25, 0.3) is 0 Å². The molecule has 35 heavy (non-hydrogen) atoms. The van der Waals surface area contributed by atoms with Crippen molar-refractivity contribution in [3.63, 3.8) is 0 Å². The number of aliphatic imine (C=N–C) groups is 1. The molecule has 4 atom stereocenters. The van der Waals surface area contributed by atoms with E-state index in [1.54, 1.807) is 31.9 Å². The van der Waals surface area contributed by atoms with Crippen LogP contribution in [0.15, 0.2) is 29.3 Å². The van der Waals surface area contributed by atoms with E-state index in [9.17, 15) is 29.6 Å². The highest BCUT2D eigenvalue weighted by Crippen LogP contribution is 2.56. The minimum Gasteiger partial charge on any atom is -0.481 e. The molecule has 190 valence electrons. The second kappa shape index (κ2) is 10.5. The Morgan fingerprint density at radius 2 is 2.03 bits per heavy atom. The summed E-state index contributed by atoms with van der Waals surface area (Å²) in [6.07, 6.45) is 2.19. The number of likely N-dealkylation sites (N-methyl/N-ethyl adjacent to an activating group) is 1. The van der Waals surface area contributed by atoms with E-state index in [-0.39, 0.29) is 31.3 Å². The molecular weight excluding hydrogens is 456 g/mol. The monoisotopic (exact) mass is 488 g/mol. The fraction of sp³-hybridized carbons (Fsp3) is 0.583. The standard InChI is InChI=1S/C24H32N4O7/c1-14-20(22(30)31)21(17-5-4-6-18(11-17)28(33)34)24(15(2)26-14,12-16-7-8-16)23(32)35-10-9-27(3)13-19(25)29/h4-6,11,15-16,20-21H,7-10,12-13H2,1-3H3,(H2,25,29)(H,30,31). The zero-order valence-corrected chi connectivity index (χ0v) is 20.2. The molecule has 0 spiro atoms. The number of hydrogen-bond donors (Lipinski definition) is 2. The molecule has 1 amide bonds. The number of hydrogen-bond acceptors (Lipinski definition) is 8. The Morgan fingerprint density at radius 3 is 2.60 bits per heavy atom. The summed E-state index contributed by atoms with van der Waals surface area (Å²) in [6.45, 7) is 3.63. The molecule has 0 bridgehead atoms. The van der Waals surface area contributed by atoms with Gasteiger partial charge in [0, 0.05) is 30.3 Å². The van der Waals surface area contributed by atoms with Crippen LogP contribution >= 0.6 is 0 Å². The van der Waals surface area contributed by atoms with Gasteiger partial charge in [0.2, 0.25) is 5.91 Å². The summed E-state index contributed by atoms with van der Waals surface area (Å²) in [5.74, 6) is -4.07. The number of nitro benzene ring substituents is 1. The lowest BCUT2D eigenvalue weighted by molar-refractivity contribution is -0.385. The molecule has 0 radical (unpaired) electrons. The van der Waals surface area contributed by atoms with Gasteiger partial charge in [0.05, 0.1) is 22.9 Å². The van der Waals surface area contributed by atoms with E-state index in [2.05, 4.69) is 4.99 Å². The average molecular weight is 489 g/mol. The number of ether oxygens (including phenoxy) is 1. The predicted octanol–water partition coefficient (Wildman–Crippen LogP) is 1.99. The van der Waals surface area contributed by atoms with Crippen LogP contribution in [0.5, 0.6) is 0 Å². The third-order valence-electron chi connectivity index (χ3n) is 7.02. The Kier molecular flexibility index (Phi) is 7.89. The van der Waals surface area contributed by atoms with Crippen molar-refractivity contribution in [2.75, 3.05) is 26.7 Å². The smallest absolute Gasteiger partial charge is 0.314 e. The summed E-state index contributed by atoms with van der Waals surface area (Å²) in [4.78, 5) is 54.6. The number of amides is 1. The first-order valence-electron chi connectivity index (χ1n) is 11.6. The fourth-order valence-corrected chi connectivity index (χ4v) is 5.19. The second-order valence-corrected chi connectivity index (χ2v) is 9.62. The topological polar surface area (TPSA) is 165 Å². The minimum atomic E-state index is -1.32. The lowest BCUT2D eigenvalue weighted by atomic mass is 9.58. The van der Waals surface area contributed by atoms with Crippen molar-refractivity contribution in [3.8, 4) is 0 Å². The molecule has 3 rings (SSSR count). The number of rotatable bonds is 11. The Balaban J connectivity index is 2.06. The second-order valence-electron chi connectivity index (χ2n) is 9.62. The molecule has 0 saturated heterocycles. The van der Waals surface area contributed by atoms with E-state index in [0.29, 0.717) is 17.7 Å². The molecule has 1 aliphatic heterocycles. The number of carbonyl (C=O) groups excluding carboxylic acids is 2. The first kappa shape index (κ1) is 26.3. The van der Waals surface area contributed by atoms with Crippen molar-refractivity contribution < 1.29 is 29.2 Å². The molecule has 1 aromatic rings. The van der Waals surface area contributed by atoms with Crippen molar-refractivity contribution in [3.05, 3.63) is 39.9 Å². The number of nitro groups is 1. The van der Waals surface area contributed by atoms with E-state index in [1.807, 2.05) is 0 Å². The van der Waals surface area contributed by atoms with Crippen molar-refractivity contribution >= 4 is 29.2 Å². The van der Waals surface area contributed by atoms with Crippen LogP contribution in [0.3, 0.4) is 0 Å². The molecule has 1 aromatic carbocycles.